The van der Waals surface area contributed by atoms with Gasteiger partial charge < -0.3 is 4.74 Å². The van der Waals surface area contributed by atoms with E-state index in [4.69, 9.17) is 4.74 Å². The standard InChI is InChI=1S/C8H8N2O3/c1-5-4-6-8(13-5)7(10(11)12)2-3-9-6/h2-3,5H,4H2,1H3. The van der Waals surface area contributed by atoms with Crippen molar-refractivity contribution in [2.75, 3.05) is 0 Å². The van der Waals surface area contributed by atoms with Crippen molar-refractivity contribution < 1.29 is 9.66 Å². The Balaban J connectivity index is 2.51. The van der Waals surface area contributed by atoms with Gasteiger partial charge in [-0.25, -0.2) is 0 Å². The fourth-order valence-electron chi connectivity index (χ4n) is 1.41. The number of hydrogen-bond acceptors (Lipinski definition) is 4. The number of pyridine rings is 1. The summed E-state index contributed by atoms with van der Waals surface area (Å²) in [6, 6.07) is 1.36. The van der Waals surface area contributed by atoms with Gasteiger partial charge in [0.25, 0.3) is 0 Å². The average Bonchev–Trinajstić information content (AvgIpc) is 2.43. The molecule has 0 aliphatic carbocycles. The van der Waals surface area contributed by atoms with Crippen LogP contribution in [0.5, 0.6) is 5.75 Å². The number of aromatic nitrogens is 1. The number of nitrogens with zero attached hydrogens (tertiary/aromatic N) is 2. The second kappa shape index (κ2) is 2.69. The van der Waals surface area contributed by atoms with E-state index in [1.807, 2.05) is 6.92 Å². The summed E-state index contributed by atoms with van der Waals surface area (Å²) in [7, 11) is 0. The van der Waals surface area contributed by atoms with E-state index in [0.717, 1.165) is 0 Å². The Hall–Kier alpha value is -1.65. The summed E-state index contributed by atoms with van der Waals surface area (Å²) in [5, 5.41) is 10.6. The third kappa shape index (κ3) is 1.22. The maximum Gasteiger partial charge on any atom is 0.314 e. The monoisotopic (exact) mass is 180 g/mol. The summed E-state index contributed by atoms with van der Waals surface area (Å²) in [5.41, 5.74) is 0.691. The van der Waals surface area contributed by atoms with Gasteiger partial charge in [0, 0.05) is 18.7 Å². The van der Waals surface area contributed by atoms with Gasteiger partial charge in [-0.2, -0.15) is 0 Å². The minimum absolute atomic E-state index is 0.00866. The normalized spacial score (nSPS) is 19.3. The predicted molar refractivity (Wildman–Crippen MR) is 44.7 cm³/mol. The van der Waals surface area contributed by atoms with Gasteiger partial charge in [0.2, 0.25) is 5.75 Å². The van der Waals surface area contributed by atoms with Crippen LogP contribution in [-0.2, 0) is 6.42 Å². The summed E-state index contributed by atoms with van der Waals surface area (Å²) in [6.45, 7) is 1.87. The van der Waals surface area contributed by atoms with E-state index in [-0.39, 0.29) is 11.8 Å². The van der Waals surface area contributed by atoms with Crippen LogP contribution in [0.25, 0.3) is 0 Å². The molecule has 1 aliphatic heterocycles. The Kier molecular flexibility index (Phi) is 1.65. The van der Waals surface area contributed by atoms with Crippen molar-refractivity contribution in [1.82, 2.24) is 4.98 Å². The Morgan fingerprint density at radius 1 is 1.77 bits per heavy atom. The quantitative estimate of drug-likeness (QED) is 0.482. The van der Waals surface area contributed by atoms with Gasteiger partial charge in [-0.3, -0.25) is 15.1 Å². The maximum absolute atomic E-state index is 10.6. The minimum atomic E-state index is -0.446. The van der Waals surface area contributed by atoms with E-state index in [1.54, 1.807) is 0 Å². The Labute approximate surface area is 74.5 Å². The molecule has 1 aliphatic rings. The van der Waals surface area contributed by atoms with Crippen molar-refractivity contribution >= 4 is 5.69 Å². The molecule has 0 saturated carbocycles. The van der Waals surface area contributed by atoms with Crippen LogP contribution in [0.2, 0.25) is 0 Å². The molecule has 5 nitrogen and oxygen atoms in total. The average molecular weight is 180 g/mol. The van der Waals surface area contributed by atoms with Gasteiger partial charge in [-0.05, 0) is 6.92 Å². The second-order valence-corrected chi connectivity index (χ2v) is 3.00. The van der Waals surface area contributed by atoms with Gasteiger partial charge in [0.15, 0.2) is 0 Å². The topological polar surface area (TPSA) is 65.3 Å². The number of fused-ring (bicyclic) bond motifs is 1. The highest BCUT2D eigenvalue weighted by atomic mass is 16.6. The molecule has 2 rings (SSSR count). The van der Waals surface area contributed by atoms with Crippen LogP contribution in [-0.4, -0.2) is 16.0 Å². The van der Waals surface area contributed by atoms with Crippen molar-refractivity contribution in [2.45, 2.75) is 19.4 Å². The largest absolute Gasteiger partial charge is 0.482 e. The fraction of sp³-hybridized carbons (Fsp3) is 0.375. The van der Waals surface area contributed by atoms with Gasteiger partial charge in [0.05, 0.1) is 10.6 Å². The van der Waals surface area contributed by atoms with Crippen molar-refractivity contribution in [2.24, 2.45) is 0 Å². The van der Waals surface area contributed by atoms with E-state index >= 15 is 0 Å². The molecule has 0 fully saturated rings. The van der Waals surface area contributed by atoms with Gasteiger partial charge in [0.1, 0.15) is 6.10 Å². The Morgan fingerprint density at radius 3 is 3.23 bits per heavy atom. The summed E-state index contributed by atoms with van der Waals surface area (Å²) < 4.78 is 5.30. The molecule has 1 aromatic rings. The first-order valence-corrected chi connectivity index (χ1v) is 3.97. The highest BCUT2D eigenvalue weighted by Gasteiger charge is 2.28. The lowest BCUT2D eigenvalue weighted by molar-refractivity contribution is -0.385. The van der Waals surface area contributed by atoms with Crippen molar-refractivity contribution in [3.05, 3.63) is 28.1 Å². The zero-order valence-electron chi connectivity index (χ0n) is 7.06. The van der Waals surface area contributed by atoms with E-state index in [9.17, 15) is 10.1 Å². The Bertz CT molecular complexity index is 364. The molecule has 1 aromatic heterocycles. The fourth-order valence-corrected chi connectivity index (χ4v) is 1.41. The predicted octanol–water partition coefficient (Wildman–Crippen LogP) is 1.31. The molecule has 0 radical (unpaired) electrons. The zero-order chi connectivity index (χ0) is 9.42. The third-order valence-electron chi connectivity index (χ3n) is 1.95. The summed E-state index contributed by atoms with van der Waals surface area (Å²) in [4.78, 5) is 14.1. The van der Waals surface area contributed by atoms with E-state index < -0.39 is 4.92 Å². The number of nitro groups is 1. The lowest BCUT2D eigenvalue weighted by atomic mass is 10.2. The lowest BCUT2D eigenvalue weighted by Crippen LogP contribution is -2.06. The van der Waals surface area contributed by atoms with Crippen LogP contribution in [0.1, 0.15) is 12.6 Å². The smallest absolute Gasteiger partial charge is 0.314 e. The highest BCUT2D eigenvalue weighted by molar-refractivity contribution is 5.50. The van der Waals surface area contributed by atoms with Crippen molar-refractivity contribution in [1.29, 1.82) is 0 Å². The molecule has 0 spiro atoms. The lowest BCUT2D eigenvalue weighted by Gasteiger charge is -2.01. The molecule has 2 heterocycles. The van der Waals surface area contributed by atoms with Crippen LogP contribution < -0.4 is 4.74 Å². The maximum atomic E-state index is 10.6. The van der Waals surface area contributed by atoms with Crippen LogP contribution >= 0.6 is 0 Å². The Morgan fingerprint density at radius 2 is 2.54 bits per heavy atom. The molecule has 0 aromatic carbocycles. The molecule has 5 heteroatoms. The van der Waals surface area contributed by atoms with Gasteiger partial charge >= 0.3 is 5.69 Å². The molecule has 0 N–H and O–H groups in total. The van der Waals surface area contributed by atoms with E-state index in [2.05, 4.69) is 4.98 Å². The zero-order valence-corrected chi connectivity index (χ0v) is 7.06. The molecule has 13 heavy (non-hydrogen) atoms. The van der Waals surface area contributed by atoms with Crippen LogP contribution in [0.3, 0.4) is 0 Å². The summed E-state index contributed by atoms with van der Waals surface area (Å²) in [5.74, 6) is 0.333. The van der Waals surface area contributed by atoms with Crippen LogP contribution in [0.15, 0.2) is 12.3 Å². The molecule has 0 amide bonds. The molecular formula is C8H8N2O3. The first kappa shape index (κ1) is 7.97. The molecule has 0 saturated heterocycles. The van der Waals surface area contributed by atoms with E-state index in [1.165, 1.54) is 12.3 Å². The SMILES string of the molecule is CC1Cc2nccc([N+](=O)[O-])c2O1. The van der Waals surface area contributed by atoms with Crippen molar-refractivity contribution in [3.63, 3.8) is 0 Å². The third-order valence-corrected chi connectivity index (χ3v) is 1.95. The summed E-state index contributed by atoms with van der Waals surface area (Å²) >= 11 is 0. The van der Waals surface area contributed by atoms with Crippen LogP contribution in [0, 0.1) is 10.1 Å². The van der Waals surface area contributed by atoms with Crippen LogP contribution in [0.4, 0.5) is 5.69 Å². The first-order valence-electron chi connectivity index (χ1n) is 3.97. The molecule has 68 valence electrons. The number of rotatable bonds is 1. The molecular weight excluding hydrogens is 172 g/mol. The second-order valence-electron chi connectivity index (χ2n) is 3.00. The highest BCUT2D eigenvalue weighted by Crippen LogP contribution is 2.35. The van der Waals surface area contributed by atoms with E-state index in [0.29, 0.717) is 17.9 Å². The molecule has 0 bridgehead atoms. The number of hydrogen-bond donors (Lipinski definition) is 0. The molecule has 1 atom stereocenters. The summed E-state index contributed by atoms with van der Waals surface area (Å²) in [6.07, 6.45) is 2.08. The number of ether oxygens (including phenoxy) is 1. The minimum Gasteiger partial charge on any atom is -0.482 e. The first-order chi connectivity index (χ1) is 6.18. The molecule has 1 unspecified atom stereocenters. The van der Waals surface area contributed by atoms with Gasteiger partial charge in [-0.1, -0.05) is 0 Å². The van der Waals surface area contributed by atoms with Crippen molar-refractivity contribution in [3.8, 4) is 5.75 Å². The van der Waals surface area contributed by atoms with Gasteiger partial charge in [-0.15, -0.1) is 0 Å².